The van der Waals surface area contributed by atoms with Gasteiger partial charge in [0.25, 0.3) is 0 Å². The van der Waals surface area contributed by atoms with Gasteiger partial charge in [0.2, 0.25) is 0 Å². The molecule has 5 nitrogen and oxygen atoms in total. The molecule has 0 saturated heterocycles. The van der Waals surface area contributed by atoms with Crippen LogP contribution in [0.3, 0.4) is 0 Å². The highest BCUT2D eigenvalue weighted by molar-refractivity contribution is 5.80. The summed E-state index contributed by atoms with van der Waals surface area (Å²) < 4.78 is 1.95. The van der Waals surface area contributed by atoms with Gasteiger partial charge < -0.3 is 10.6 Å². The highest BCUT2D eigenvalue weighted by Gasteiger charge is 2.38. The van der Waals surface area contributed by atoms with E-state index in [0.717, 1.165) is 25.5 Å². The van der Waals surface area contributed by atoms with E-state index in [0.29, 0.717) is 18.5 Å². The molecule has 2 unspecified atom stereocenters. The van der Waals surface area contributed by atoms with Gasteiger partial charge in [-0.25, -0.2) is 4.99 Å². The van der Waals surface area contributed by atoms with E-state index in [4.69, 9.17) is 4.99 Å². The molecule has 1 aliphatic carbocycles. The van der Waals surface area contributed by atoms with Crippen molar-refractivity contribution in [2.75, 3.05) is 6.54 Å². The van der Waals surface area contributed by atoms with Crippen LogP contribution < -0.4 is 10.6 Å². The maximum absolute atomic E-state index is 4.85. The molecule has 1 saturated carbocycles. The summed E-state index contributed by atoms with van der Waals surface area (Å²) in [7, 11) is 0. The predicted octanol–water partition coefficient (Wildman–Crippen LogP) is 3.54. The fraction of sp³-hybridized carbons (Fsp3) is 0.304. The van der Waals surface area contributed by atoms with Gasteiger partial charge in [-0.3, -0.25) is 4.68 Å². The molecule has 1 aromatic heterocycles. The Morgan fingerprint density at radius 1 is 1.07 bits per heavy atom. The fourth-order valence-corrected chi connectivity index (χ4v) is 3.52. The zero-order valence-electron chi connectivity index (χ0n) is 16.3. The van der Waals surface area contributed by atoms with Crippen LogP contribution in [0, 0.1) is 0 Å². The molecular formula is C23H27N5. The van der Waals surface area contributed by atoms with Crippen molar-refractivity contribution in [1.82, 2.24) is 20.4 Å². The Morgan fingerprint density at radius 3 is 2.61 bits per heavy atom. The zero-order chi connectivity index (χ0) is 19.2. The summed E-state index contributed by atoms with van der Waals surface area (Å²) in [4.78, 5) is 4.85. The molecule has 28 heavy (non-hydrogen) atoms. The number of nitrogens with one attached hydrogen (secondary N) is 2. The first kappa shape index (κ1) is 18.3. The average molecular weight is 374 g/mol. The van der Waals surface area contributed by atoms with Crippen molar-refractivity contribution >= 4 is 5.96 Å². The quantitative estimate of drug-likeness (QED) is 0.492. The van der Waals surface area contributed by atoms with E-state index < -0.39 is 0 Å². The lowest BCUT2D eigenvalue weighted by atomic mass is 10.1. The van der Waals surface area contributed by atoms with Crippen molar-refractivity contribution in [3.8, 4) is 0 Å². The number of rotatable bonds is 7. The van der Waals surface area contributed by atoms with Crippen LogP contribution in [0.5, 0.6) is 0 Å². The van der Waals surface area contributed by atoms with Crippen LogP contribution in [0.4, 0.5) is 0 Å². The fourth-order valence-electron chi connectivity index (χ4n) is 3.52. The summed E-state index contributed by atoms with van der Waals surface area (Å²) >= 11 is 0. The van der Waals surface area contributed by atoms with Gasteiger partial charge in [-0.1, -0.05) is 54.6 Å². The summed E-state index contributed by atoms with van der Waals surface area (Å²) in [6.45, 7) is 4.37. The van der Waals surface area contributed by atoms with Gasteiger partial charge in [-0.05, 0) is 36.1 Å². The summed E-state index contributed by atoms with van der Waals surface area (Å²) in [6.07, 6.45) is 4.96. The number of aromatic nitrogens is 2. The Hall–Kier alpha value is -3.08. The Kier molecular flexibility index (Phi) is 5.71. The van der Waals surface area contributed by atoms with Gasteiger partial charge in [0, 0.05) is 30.9 Å². The topological polar surface area (TPSA) is 54.2 Å². The average Bonchev–Trinajstić information content (AvgIpc) is 3.30. The minimum atomic E-state index is 0.458. The van der Waals surface area contributed by atoms with Crippen LogP contribution in [0.25, 0.3) is 0 Å². The lowest BCUT2D eigenvalue weighted by molar-refractivity contribution is 0.680. The smallest absolute Gasteiger partial charge is 0.191 e. The Labute approximate surface area is 166 Å². The molecule has 5 heteroatoms. The number of hydrogen-bond acceptors (Lipinski definition) is 2. The number of benzene rings is 2. The van der Waals surface area contributed by atoms with Crippen molar-refractivity contribution < 1.29 is 0 Å². The molecule has 3 aromatic rings. The molecule has 0 aliphatic heterocycles. The normalized spacial score (nSPS) is 18.7. The molecule has 1 heterocycles. The van der Waals surface area contributed by atoms with Crippen LogP contribution >= 0.6 is 0 Å². The van der Waals surface area contributed by atoms with E-state index in [1.54, 1.807) is 0 Å². The second kappa shape index (κ2) is 8.74. The van der Waals surface area contributed by atoms with Gasteiger partial charge in [0.15, 0.2) is 5.96 Å². The second-order valence-electron chi connectivity index (χ2n) is 7.17. The Morgan fingerprint density at radius 2 is 1.86 bits per heavy atom. The monoisotopic (exact) mass is 373 g/mol. The minimum absolute atomic E-state index is 0.458. The largest absolute Gasteiger partial charge is 0.357 e. The summed E-state index contributed by atoms with van der Waals surface area (Å²) in [5.74, 6) is 1.47. The van der Waals surface area contributed by atoms with E-state index in [2.05, 4.69) is 77.3 Å². The van der Waals surface area contributed by atoms with Gasteiger partial charge >= 0.3 is 0 Å². The van der Waals surface area contributed by atoms with E-state index in [-0.39, 0.29) is 0 Å². The van der Waals surface area contributed by atoms with Crippen LogP contribution in [-0.4, -0.2) is 28.3 Å². The SMILES string of the molecule is CCNC(=NCc1ccccc1Cn1cccn1)NC1CC1c1ccccc1. The van der Waals surface area contributed by atoms with E-state index in [1.807, 2.05) is 23.1 Å². The highest BCUT2D eigenvalue weighted by atomic mass is 15.3. The van der Waals surface area contributed by atoms with E-state index in [9.17, 15) is 0 Å². The molecule has 0 radical (unpaired) electrons. The van der Waals surface area contributed by atoms with E-state index in [1.165, 1.54) is 16.7 Å². The maximum Gasteiger partial charge on any atom is 0.191 e. The molecule has 0 spiro atoms. The Bertz CT molecular complexity index is 902. The van der Waals surface area contributed by atoms with Crippen molar-refractivity contribution in [3.05, 3.63) is 89.7 Å². The first-order valence-corrected chi connectivity index (χ1v) is 9.97. The molecule has 0 amide bonds. The summed E-state index contributed by atoms with van der Waals surface area (Å²) in [5, 5.41) is 11.3. The molecule has 0 bridgehead atoms. The number of guanidine groups is 1. The third kappa shape index (κ3) is 4.60. The van der Waals surface area contributed by atoms with Crippen molar-refractivity contribution in [2.24, 2.45) is 4.99 Å². The molecule has 1 aliphatic rings. The van der Waals surface area contributed by atoms with Gasteiger partial charge in [-0.15, -0.1) is 0 Å². The molecule has 144 valence electrons. The summed E-state index contributed by atoms with van der Waals surface area (Å²) in [6, 6.07) is 21.6. The first-order chi connectivity index (χ1) is 13.8. The van der Waals surface area contributed by atoms with Gasteiger partial charge in [0.1, 0.15) is 0 Å². The van der Waals surface area contributed by atoms with Crippen LogP contribution in [-0.2, 0) is 13.1 Å². The Balaban J connectivity index is 1.42. The second-order valence-corrected chi connectivity index (χ2v) is 7.17. The first-order valence-electron chi connectivity index (χ1n) is 9.97. The third-order valence-electron chi connectivity index (χ3n) is 5.10. The molecule has 4 rings (SSSR count). The van der Waals surface area contributed by atoms with Crippen molar-refractivity contribution in [3.63, 3.8) is 0 Å². The van der Waals surface area contributed by atoms with Gasteiger partial charge in [-0.2, -0.15) is 5.10 Å². The lowest BCUT2D eigenvalue weighted by Gasteiger charge is -2.13. The summed E-state index contributed by atoms with van der Waals surface area (Å²) in [5.41, 5.74) is 3.88. The molecule has 2 aromatic carbocycles. The van der Waals surface area contributed by atoms with Crippen molar-refractivity contribution in [1.29, 1.82) is 0 Å². The molecule has 2 atom stereocenters. The molecule has 2 N–H and O–H groups in total. The maximum atomic E-state index is 4.85. The number of hydrogen-bond donors (Lipinski definition) is 2. The van der Waals surface area contributed by atoms with Crippen LogP contribution in [0.2, 0.25) is 0 Å². The van der Waals surface area contributed by atoms with Crippen LogP contribution in [0.1, 0.15) is 36.0 Å². The zero-order valence-corrected chi connectivity index (χ0v) is 16.3. The molecule has 1 fully saturated rings. The highest BCUT2D eigenvalue weighted by Crippen LogP contribution is 2.40. The standard InChI is InChI=1S/C23H27N5/c1-2-24-23(27-22-15-21(22)18-9-4-3-5-10-18)25-16-19-11-6-7-12-20(19)17-28-14-8-13-26-28/h3-14,21-22H,2,15-17H2,1H3,(H2,24,25,27). The molecular weight excluding hydrogens is 346 g/mol. The number of nitrogens with zero attached hydrogens (tertiary/aromatic N) is 3. The van der Waals surface area contributed by atoms with Crippen LogP contribution in [0.15, 0.2) is 78.0 Å². The number of aliphatic imine (C=N–C) groups is 1. The van der Waals surface area contributed by atoms with Crippen molar-refractivity contribution in [2.45, 2.75) is 38.4 Å². The van der Waals surface area contributed by atoms with E-state index >= 15 is 0 Å². The predicted molar refractivity (Wildman–Crippen MR) is 113 cm³/mol. The minimum Gasteiger partial charge on any atom is -0.357 e. The lowest BCUT2D eigenvalue weighted by Crippen LogP contribution is -2.39. The van der Waals surface area contributed by atoms with Gasteiger partial charge in [0.05, 0.1) is 13.1 Å². The third-order valence-corrected chi connectivity index (χ3v) is 5.10.